The number of benzene rings is 2. The second-order valence-electron chi connectivity index (χ2n) is 7.70. The number of fused-ring (bicyclic) bond motifs is 1. The van der Waals surface area contributed by atoms with E-state index in [9.17, 15) is 14.6 Å². The number of ether oxygens (including phenoxy) is 1. The van der Waals surface area contributed by atoms with E-state index in [0.29, 0.717) is 16.6 Å². The Labute approximate surface area is 158 Å². The molecule has 0 saturated heterocycles. The summed E-state index contributed by atoms with van der Waals surface area (Å²) in [6.45, 7) is 5.04. The maximum Gasteiger partial charge on any atom is 0.219 e. The van der Waals surface area contributed by atoms with Gasteiger partial charge < -0.3 is 14.9 Å². The molecule has 0 aliphatic heterocycles. The molecule has 3 rings (SSSR count). The number of nitrogens with zero attached hydrogens (tertiary/aromatic N) is 1. The maximum absolute atomic E-state index is 14.1. The Hall–Kier alpha value is -2.50. The summed E-state index contributed by atoms with van der Waals surface area (Å²) in [6.07, 6.45) is 0. The highest BCUT2D eigenvalue weighted by molar-refractivity contribution is 5.87. The fraction of sp³-hybridized carbons (Fsp3) is 0.318. The summed E-state index contributed by atoms with van der Waals surface area (Å²) in [6, 6.07) is 13.8. The molecule has 0 unspecified atom stereocenters. The molecule has 0 spiro atoms. The van der Waals surface area contributed by atoms with Crippen LogP contribution in [0.1, 0.15) is 26.3 Å². The van der Waals surface area contributed by atoms with Gasteiger partial charge in [0.25, 0.3) is 0 Å². The molecule has 2 aromatic carbocycles. The van der Waals surface area contributed by atoms with Crippen molar-refractivity contribution in [2.75, 3.05) is 13.7 Å². The van der Waals surface area contributed by atoms with E-state index in [1.54, 1.807) is 24.3 Å². The third-order valence-corrected chi connectivity index (χ3v) is 5.09. The summed E-state index contributed by atoms with van der Waals surface area (Å²) in [5.41, 5.74) is -0.407. The number of methoxy groups -OCH3 is 1. The van der Waals surface area contributed by atoms with E-state index in [1.165, 1.54) is 13.2 Å². The van der Waals surface area contributed by atoms with E-state index >= 15 is 0 Å². The van der Waals surface area contributed by atoms with E-state index < -0.39 is 17.6 Å². The minimum absolute atomic E-state index is 0.229. The van der Waals surface area contributed by atoms with Crippen LogP contribution in [0.15, 0.2) is 48.5 Å². The Morgan fingerprint density at radius 3 is 2.44 bits per heavy atom. The van der Waals surface area contributed by atoms with Crippen LogP contribution in [0.5, 0.6) is 5.88 Å². The van der Waals surface area contributed by atoms with Gasteiger partial charge in [-0.3, -0.25) is 0 Å². The predicted octanol–water partition coefficient (Wildman–Crippen LogP) is 4.28. The van der Waals surface area contributed by atoms with E-state index in [-0.39, 0.29) is 11.7 Å². The smallest absolute Gasteiger partial charge is 0.219 e. The minimum Gasteiger partial charge on any atom is -0.481 e. The van der Waals surface area contributed by atoms with Gasteiger partial charge in [0.1, 0.15) is 11.4 Å². The molecule has 2 N–H and O–H groups in total. The van der Waals surface area contributed by atoms with Crippen molar-refractivity contribution in [3.8, 4) is 17.1 Å². The van der Waals surface area contributed by atoms with E-state index in [0.717, 1.165) is 10.9 Å². The van der Waals surface area contributed by atoms with Crippen LogP contribution in [-0.2, 0) is 5.60 Å². The molecule has 0 fully saturated rings. The number of aromatic nitrogens is 1. The van der Waals surface area contributed by atoms with Gasteiger partial charge in [0.2, 0.25) is 5.88 Å². The van der Waals surface area contributed by atoms with Gasteiger partial charge in [-0.2, -0.15) is 0 Å². The molecule has 4 nitrogen and oxygen atoms in total. The Kier molecular flexibility index (Phi) is 4.93. The zero-order valence-electron chi connectivity index (χ0n) is 16.0. The van der Waals surface area contributed by atoms with Crippen molar-refractivity contribution in [1.82, 2.24) is 4.98 Å². The second-order valence-corrected chi connectivity index (χ2v) is 7.70. The van der Waals surface area contributed by atoms with Crippen LogP contribution in [0.2, 0.25) is 0 Å². The number of aliphatic hydroxyl groups is 2. The zero-order chi connectivity index (χ0) is 19.8. The first-order valence-corrected chi connectivity index (χ1v) is 8.78. The standard InChI is InChI=1S/C22H24FNO3/c1-21(2,3)22(26,13-25)17-10-11-19(24-20(17)27-4)15-9-8-14-6-5-7-18(23)16(14)12-15/h5-12,25-26H,13H2,1-4H3/t22-/m1/s1. The van der Waals surface area contributed by atoms with Gasteiger partial charge in [-0.25, -0.2) is 9.37 Å². The molecule has 0 bridgehead atoms. The van der Waals surface area contributed by atoms with Gasteiger partial charge in [-0.05, 0) is 35.1 Å². The van der Waals surface area contributed by atoms with Crippen LogP contribution in [0.25, 0.3) is 22.0 Å². The first-order chi connectivity index (χ1) is 12.7. The highest BCUT2D eigenvalue weighted by atomic mass is 19.1. The molecule has 1 aromatic heterocycles. The molecule has 0 amide bonds. The van der Waals surface area contributed by atoms with Crippen molar-refractivity contribution in [2.45, 2.75) is 26.4 Å². The van der Waals surface area contributed by atoms with Crippen LogP contribution in [0.3, 0.4) is 0 Å². The van der Waals surface area contributed by atoms with Crippen molar-refractivity contribution >= 4 is 10.8 Å². The number of pyridine rings is 1. The van der Waals surface area contributed by atoms with Crippen molar-refractivity contribution < 1.29 is 19.3 Å². The third kappa shape index (κ3) is 3.29. The number of hydrogen-bond acceptors (Lipinski definition) is 4. The van der Waals surface area contributed by atoms with Crippen LogP contribution in [0.4, 0.5) is 4.39 Å². The number of halogens is 1. The first kappa shape index (κ1) is 19.3. The molecule has 1 atom stereocenters. The van der Waals surface area contributed by atoms with Gasteiger partial charge in [-0.15, -0.1) is 0 Å². The molecule has 0 aliphatic rings. The fourth-order valence-electron chi connectivity index (χ4n) is 3.19. The van der Waals surface area contributed by atoms with Crippen LogP contribution < -0.4 is 4.74 Å². The molecule has 1 heterocycles. The van der Waals surface area contributed by atoms with Crippen LogP contribution in [-0.4, -0.2) is 28.9 Å². The van der Waals surface area contributed by atoms with Gasteiger partial charge >= 0.3 is 0 Å². The largest absolute Gasteiger partial charge is 0.481 e. The molecule has 0 saturated carbocycles. The summed E-state index contributed by atoms with van der Waals surface area (Å²) in [5.74, 6) is -0.0621. The van der Waals surface area contributed by atoms with E-state index in [4.69, 9.17) is 4.74 Å². The van der Waals surface area contributed by atoms with Gasteiger partial charge in [0, 0.05) is 16.5 Å². The van der Waals surface area contributed by atoms with Crippen molar-refractivity contribution in [3.05, 3.63) is 59.9 Å². The third-order valence-electron chi connectivity index (χ3n) is 5.09. The molecule has 3 aromatic rings. The highest BCUT2D eigenvalue weighted by Crippen LogP contribution is 2.43. The Morgan fingerprint density at radius 1 is 1.07 bits per heavy atom. The summed E-state index contributed by atoms with van der Waals surface area (Å²) in [5, 5.41) is 22.2. The lowest BCUT2D eigenvalue weighted by atomic mass is 9.73. The summed E-state index contributed by atoms with van der Waals surface area (Å²) >= 11 is 0. The normalized spacial score (nSPS) is 14.2. The van der Waals surface area contributed by atoms with Gasteiger partial charge in [0.15, 0.2) is 0 Å². The Balaban J connectivity index is 2.13. The molecular formula is C22H24FNO3. The van der Waals surface area contributed by atoms with Gasteiger partial charge in [-0.1, -0.05) is 45.0 Å². The average molecular weight is 369 g/mol. The quantitative estimate of drug-likeness (QED) is 0.721. The molecule has 0 aliphatic carbocycles. The topological polar surface area (TPSA) is 62.6 Å². The summed E-state index contributed by atoms with van der Waals surface area (Å²) in [7, 11) is 1.47. The fourth-order valence-corrected chi connectivity index (χ4v) is 3.19. The summed E-state index contributed by atoms with van der Waals surface area (Å²) in [4.78, 5) is 4.51. The minimum atomic E-state index is -1.51. The number of hydrogen-bond donors (Lipinski definition) is 2. The number of rotatable bonds is 4. The van der Waals surface area contributed by atoms with Crippen molar-refractivity contribution in [1.29, 1.82) is 0 Å². The van der Waals surface area contributed by atoms with Gasteiger partial charge in [0.05, 0.1) is 19.4 Å². The van der Waals surface area contributed by atoms with Crippen molar-refractivity contribution in [2.24, 2.45) is 5.41 Å². The highest BCUT2D eigenvalue weighted by Gasteiger charge is 2.43. The van der Waals surface area contributed by atoms with E-state index in [1.807, 2.05) is 39.0 Å². The van der Waals surface area contributed by atoms with Crippen molar-refractivity contribution in [3.63, 3.8) is 0 Å². The van der Waals surface area contributed by atoms with Crippen LogP contribution in [0, 0.1) is 11.2 Å². The first-order valence-electron chi connectivity index (χ1n) is 8.78. The Morgan fingerprint density at radius 2 is 1.81 bits per heavy atom. The monoisotopic (exact) mass is 369 g/mol. The lowest BCUT2D eigenvalue weighted by Crippen LogP contribution is -2.43. The second kappa shape index (κ2) is 6.91. The average Bonchev–Trinajstić information content (AvgIpc) is 2.66. The lowest BCUT2D eigenvalue weighted by Gasteiger charge is -2.39. The summed E-state index contributed by atoms with van der Waals surface area (Å²) < 4.78 is 19.5. The SMILES string of the molecule is COc1nc(-c2ccc3cccc(F)c3c2)ccc1[C@](O)(CO)C(C)(C)C. The molecule has 27 heavy (non-hydrogen) atoms. The number of aliphatic hydroxyl groups excluding tert-OH is 1. The lowest BCUT2D eigenvalue weighted by molar-refractivity contribution is -0.103. The maximum atomic E-state index is 14.1. The Bertz CT molecular complexity index is 981. The predicted molar refractivity (Wildman–Crippen MR) is 104 cm³/mol. The molecule has 0 radical (unpaired) electrons. The van der Waals surface area contributed by atoms with Crippen LogP contribution >= 0.6 is 0 Å². The zero-order valence-corrected chi connectivity index (χ0v) is 16.0. The molecular weight excluding hydrogens is 345 g/mol. The molecule has 142 valence electrons. The molecule has 5 heteroatoms. The van der Waals surface area contributed by atoms with E-state index in [2.05, 4.69) is 4.98 Å².